The second-order valence-electron chi connectivity index (χ2n) is 6.72. The fourth-order valence-corrected chi connectivity index (χ4v) is 4.35. The minimum Gasteiger partial charge on any atom is -0.461 e. The molecule has 2 bridgehead atoms. The number of hydrogen-bond acceptors (Lipinski definition) is 4. The summed E-state index contributed by atoms with van der Waals surface area (Å²) in [5.41, 5.74) is 0.601. The third-order valence-electron chi connectivity index (χ3n) is 5.62. The highest BCUT2D eigenvalue weighted by Crippen LogP contribution is 2.50. The molecule has 22 heavy (non-hydrogen) atoms. The lowest BCUT2D eigenvalue weighted by molar-refractivity contribution is -0.158. The Hall–Kier alpha value is -1.33. The number of carbonyl (C=O) groups excluding carboxylic acids is 1. The summed E-state index contributed by atoms with van der Waals surface area (Å²) in [6.45, 7) is 4.67. The van der Waals surface area contributed by atoms with Crippen molar-refractivity contribution in [2.24, 2.45) is 5.92 Å². The Morgan fingerprint density at radius 2 is 2.05 bits per heavy atom. The van der Waals surface area contributed by atoms with Gasteiger partial charge in [-0.1, -0.05) is 37.3 Å². The standard InChI is InChI=1S/C17H24BNO3/c1-11-15-16(18)22-17(11,12(2)19(15)3)9-14(20)21-10-13-7-5-4-6-8-13/h4-8,11-12,15-16H,9-10,18H2,1-3H3/t11?,12-,15+,16+,17+/m0/s1. The van der Waals surface area contributed by atoms with E-state index in [0.29, 0.717) is 25.0 Å². The van der Waals surface area contributed by atoms with E-state index in [0.717, 1.165) is 5.56 Å². The number of esters is 1. The minimum absolute atomic E-state index is 0.165. The van der Waals surface area contributed by atoms with Crippen LogP contribution in [-0.2, 0) is 20.9 Å². The van der Waals surface area contributed by atoms with Crippen LogP contribution in [0.15, 0.2) is 30.3 Å². The molecule has 0 amide bonds. The van der Waals surface area contributed by atoms with Gasteiger partial charge in [0.1, 0.15) is 14.5 Å². The van der Waals surface area contributed by atoms with Crippen molar-refractivity contribution in [3.05, 3.63) is 35.9 Å². The largest absolute Gasteiger partial charge is 0.461 e. The lowest BCUT2D eigenvalue weighted by Gasteiger charge is -2.40. The van der Waals surface area contributed by atoms with E-state index in [1.807, 2.05) is 30.3 Å². The number of hydrogen-bond donors (Lipinski definition) is 0. The van der Waals surface area contributed by atoms with Crippen LogP contribution in [0.1, 0.15) is 25.8 Å². The van der Waals surface area contributed by atoms with Crippen molar-refractivity contribution in [3.8, 4) is 0 Å². The maximum absolute atomic E-state index is 12.3. The van der Waals surface area contributed by atoms with E-state index >= 15 is 0 Å². The molecule has 2 fully saturated rings. The molecule has 1 aromatic carbocycles. The Morgan fingerprint density at radius 1 is 1.36 bits per heavy atom. The molecular weight excluding hydrogens is 277 g/mol. The summed E-state index contributed by atoms with van der Waals surface area (Å²) in [6, 6.07) is 10.6. The summed E-state index contributed by atoms with van der Waals surface area (Å²) >= 11 is 0. The smallest absolute Gasteiger partial charge is 0.309 e. The molecule has 2 aliphatic heterocycles. The van der Waals surface area contributed by atoms with Crippen LogP contribution in [0.3, 0.4) is 0 Å². The third kappa shape index (κ3) is 2.36. The van der Waals surface area contributed by atoms with Crippen LogP contribution in [0.25, 0.3) is 0 Å². The molecule has 0 N–H and O–H groups in total. The molecule has 1 aromatic rings. The fraction of sp³-hybridized carbons (Fsp3) is 0.588. The highest BCUT2D eigenvalue weighted by Gasteiger charge is 2.63. The lowest BCUT2D eigenvalue weighted by atomic mass is 9.81. The number of morpholine rings is 1. The molecule has 3 rings (SSSR count). The molecule has 118 valence electrons. The Balaban J connectivity index is 1.66. The van der Waals surface area contributed by atoms with Crippen LogP contribution in [0.5, 0.6) is 0 Å². The predicted octanol–water partition coefficient (Wildman–Crippen LogP) is 1.19. The zero-order valence-electron chi connectivity index (χ0n) is 13.8. The lowest BCUT2D eigenvalue weighted by Crippen LogP contribution is -2.53. The van der Waals surface area contributed by atoms with Gasteiger partial charge in [0.2, 0.25) is 0 Å². The Bertz CT molecular complexity index is 552. The average molecular weight is 301 g/mol. The van der Waals surface area contributed by atoms with E-state index in [4.69, 9.17) is 9.47 Å². The van der Waals surface area contributed by atoms with E-state index in [2.05, 4.69) is 33.6 Å². The second-order valence-corrected chi connectivity index (χ2v) is 6.72. The highest BCUT2D eigenvalue weighted by atomic mass is 16.5. The number of likely N-dealkylation sites (N-methyl/N-ethyl adjacent to an activating group) is 1. The molecule has 5 heteroatoms. The number of fused-ring (bicyclic) bond motifs is 2. The van der Waals surface area contributed by atoms with E-state index in [1.54, 1.807) is 0 Å². The predicted molar refractivity (Wildman–Crippen MR) is 87.2 cm³/mol. The Morgan fingerprint density at radius 3 is 2.68 bits per heavy atom. The Kier molecular flexibility index (Phi) is 4.04. The van der Waals surface area contributed by atoms with E-state index < -0.39 is 5.60 Å². The number of rotatable bonds is 4. The van der Waals surface area contributed by atoms with E-state index in [-0.39, 0.29) is 18.0 Å². The molecule has 0 spiro atoms. The van der Waals surface area contributed by atoms with Crippen molar-refractivity contribution < 1.29 is 14.3 Å². The first-order chi connectivity index (χ1) is 10.5. The summed E-state index contributed by atoms with van der Waals surface area (Å²) in [4.78, 5) is 14.7. The van der Waals surface area contributed by atoms with Crippen LogP contribution in [-0.4, -0.2) is 49.5 Å². The Labute approximate surface area is 133 Å². The van der Waals surface area contributed by atoms with Crippen LogP contribution < -0.4 is 0 Å². The van der Waals surface area contributed by atoms with Crippen molar-refractivity contribution in [1.29, 1.82) is 0 Å². The van der Waals surface area contributed by atoms with Crippen molar-refractivity contribution in [2.75, 3.05) is 7.05 Å². The monoisotopic (exact) mass is 301 g/mol. The summed E-state index contributed by atoms with van der Waals surface area (Å²) in [5, 5.41) is 0. The molecule has 5 atom stereocenters. The van der Waals surface area contributed by atoms with Crippen LogP contribution in [0.4, 0.5) is 0 Å². The molecule has 0 saturated carbocycles. The normalized spacial score (nSPS) is 37.4. The van der Waals surface area contributed by atoms with Gasteiger partial charge in [0.25, 0.3) is 0 Å². The number of likely N-dealkylation sites (tertiary alicyclic amines) is 1. The van der Waals surface area contributed by atoms with Gasteiger partial charge >= 0.3 is 5.97 Å². The van der Waals surface area contributed by atoms with Crippen molar-refractivity contribution >= 4 is 13.8 Å². The highest BCUT2D eigenvalue weighted by molar-refractivity contribution is 6.12. The molecule has 4 nitrogen and oxygen atoms in total. The second kappa shape index (κ2) is 5.71. The molecule has 2 saturated heterocycles. The van der Waals surface area contributed by atoms with Gasteiger partial charge in [0.15, 0.2) is 0 Å². The zero-order chi connectivity index (χ0) is 15.9. The average Bonchev–Trinajstić information content (AvgIpc) is 2.84. The molecule has 2 aliphatic rings. The number of ether oxygens (including phenoxy) is 2. The van der Waals surface area contributed by atoms with Gasteiger partial charge < -0.3 is 9.47 Å². The van der Waals surface area contributed by atoms with Gasteiger partial charge in [-0.3, -0.25) is 9.69 Å². The number of carbonyl (C=O) groups is 1. The van der Waals surface area contributed by atoms with Crippen molar-refractivity contribution in [2.45, 2.75) is 50.6 Å². The molecule has 0 aromatic heterocycles. The van der Waals surface area contributed by atoms with E-state index in [9.17, 15) is 4.79 Å². The van der Waals surface area contributed by atoms with Crippen LogP contribution >= 0.6 is 0 Å². The number of nitrogens with zero attached hydrogens (tertiary/aromatic N) is 1. The molecular formula is C17H24BNO3. The SMILES string of the molecule is B[C@@H]1O[C@]2(CC(=O)OCc3ccccc3)C(C)[C@H]1N(C)[C@H]2C. The summed E-state index contributed by atoms with van der Waals surface area (Å²) in [6.07, 6.45) is 0.327. The van der Waals surface area contributed by atoms with Crippen molar-refractivity contribution in [1.82, 2.24) is 4.90 Å². The minimum atomic E-state index is -0.410. The van der Waals surface area contributed by atoms with Gasteiger partial charge in [-0.05, 0) is 19.5 Å². The van der Waals surface area contributed by atoms with Gasteiger partial charge in [0.05, 0.1) is 12.0 Å². The first kappa shape index (κ1) is 15.6. The van der Waals surface area contributed by atoms with E-state index in [1.165, 1.54) is 0 Å². The van der Waals surface area contributed by atoms with Crippen molar-refractivity contribution in [3.63, 3.8) is 0 Å². The third-order valence-corrected chi connectivity index (χ3v) is 5.62. The zero-order valence-corrected chi connectivity index (χ0v) is 13.8. The van der Waals surface area contributed by atoms with Gasteiger partial charge in [-0.25, -0.2) is 0 Å². The fourth-order valence-electron chi connectivity index (χ4n) is 4.35. The van der Waals surface area contributed by atoms with Crippen LogP contribution in [0.2, 0.25) is 0 Å². The maximum Gasteiger partial charge on any atom is 0.309 e. The van der Waals surface area contributed by atoms with Gasteiger partial charge in [0, 0.05) is 24.0 Å². The molecule has 0 aliphatic carbocycles. The van der Waals surface area contributed by atoms with Gasteiger partial charge in [-0.15, -0.1) is 0 Å². The first-order valence-corrected chi connectivity index (χ1v) is 8.05. The molecule has 2 heterocycles. The summed E-state index contributed by atoms with van der Waals surface area (Å²) in [7, 11) is 4.22. The molecule has 0 radical (unpaired) electrons. The van der Waals surface area contributed by atoms with Crippen LogP contribution in [0, 0.1) is 5.92 Å². The topological polar surface area (TPSA) is 38.8 Å². The van der Waals surface area contributed by atoms with Gasteiger partial charge in [-0.2, -0.15) is 0 Å². The summed E-state index contributed by atoms with van der Waals surface area (Å²) in [5.74, 6) is 0.164. The quantitative estimate of drug-likeness (QED) is 0.618. The maximum atomic E-state index is 12.3. The first-order valence-electron chi connectivity index (χ1n) is 8.05. The number of benzene rings is 1. The molecule has 1 unspecified atom stereocenters. The summed E-state index contributed by atoms with van der Waals surface area (Å²) < 4.78 is 11.7.